The van der Waals surface area contributed by atoms with Gasteiger partial charge in [0.15, 0.2) is 0 Å². The maximum atomic E-state index is 12.0. The van der Waals surface area contributed by atoms with Crippen molar-refractivity contribution in [2.75, 3.05) is 18.0 Å². The third-order valence-electron chi connectivity index (χ3n) is 4.85. The molecule has 0 radical (unpaired) electrons. The summed E-state index contributed by atoms with van der Waals surface area (Å²) in [6, 6.07) is 3.85. The molecule has 0 fully saturated rings. The Kier molecular flexibility index (Phi) is 3.18. The SMILES string of the molecule is C#CCCc1cc(=O)oc2c3c4c(cc12)CCCN4CCC3. The fraction of sp³-hybridized carbons (Fsp3) is 0.421. The van der Waals surface area contributed by atoms with E-state index in [9.17, 15) is 4.79 Å². The molecule has 0 atom stereocenters. The van der Waals surface area contributed by atoms with Crippen LogP contribution in [0.5, 0.6) is 0 Å². The van der Waals surface area contributed by atoms with Gasteiger partial charge in [0.25, 0.3) is 0 Å². The predicted octanol–water partition coefficient (Wildman–Crippen LogP) is 3.06. The average molecular weight is 293 g/mol. The lowest BCUT2D eigenvalue weighted by Crippen LogP contribution is -2.34. The van der Waals surface area contributed by atoms with E-state index < -0.39 is 0 Å². The van der Waals surface area contributed by atoms with Crippen LogP contribution in [-0.4, -0.2) is 13.1 Å². The minimum atomic E-state index is -0.261. The normalized spacial score (nSPS) is 16.4. The van der Waals surface area contributed by atoms with Crippen molar-refractivity contribution in [1.82, 2.24) is 0 Å². The summed E-state index contributed by atoms with van der Waals surface area (Å²) in [5.74, 6) is 2.67. The van der Waals surface area contributed by atoms with Crippen molar-refractivity contribution in [2.24, 2.45) is 0 Å². The van der Waals surface area contributed by atoms with Gasteiger partial charge in [0, 0.05) is 42.2 Å². The van der Waals surface area contributed by atoms with E-state index >= 15 is 0 Å². The number of hydrogen-bond donors (Lipinski definition) is 0. The second-order valence-electron chi connectivity index (χ2n) is 6.23. The molecule has 3 heteroatoms. The van der Waals surface area contributed by atoms with E-state index in [-0.39, 0.29) is 5.63 Å². The largest absolute Gasteiger partial charge is 0.422 e. The highest BCUT2D eigenvalue weighted by Gasteiger charge is 2.27. The molecule has 22 heavy (non-hydrogen) atoms. The van der Waals surface area contributed by atoms with Crippen LogP contribution < -0.4 is 10.5 Å². The van der Waals surface area contributed by atoms with E-state index in [0.29, 0.717) is 6.42 Å². The van der Waals surface area contributed by atoms with E-state index in [1.165, 1.54) is 23.2 Å². The van der Waals surface area contributed by atoms with E-state index in [1.54, 1.807) is 6.07 Å². The molecule has 2 aliphatic heterocycles. The summed E-state index contributed by atoms with van der Waals surface area (Å²) in [5.41, 5.74) is 5.55. The fourth-order valence-electron chi connectivity index (χ4n) is 3.95. The van der Waals surface area contributed by atoms with Crippen LogP contribution in [0.2, 0.25) is 0 Å². The molecular weight excluding hydrogens is 274 g/mol. The zero-order chi connectivity index (χ0) is 15.1. The Morgan fingerprint density at radius 2 is 2.05 bits per heavy atom. The van der Waals surface area contributed by atoms with Gasteiger partial charge in [-0.15, -0.1) is 12.3 Å². The van der Waals surface area contributed by atoms with Gasteiger partial charge in [0.05, 0.1) is 0 Å². The Morgan fingerprint density at radius 1 is 1.23 bits per heavy atom. The number of benzene rings is 1. The molecule has 0 saturated heterocycles. The summed E-state index contributed by atoms with van der Waals surface area (Å²) in [5, 5.41) is 1.09. The Balaban J connectivity index is 2.02. The van der Waals surface area contributed by atoms with E-state index in [0.717, 1.165) is 55.3 Å². The smallest absolute Gasteiger partial charge is 0.336 e. The van der Waals surface area contributed by atoms with Crippen molar-refractivity contribution >= 4 is 16.7 Å². The maximum Gasteiger partial charge on any atom is 0.336 e. The number of rotatable bonds is 2. The quantitative estimate of drug-likeness (QED) is 0.630. The Hall–Kier alpha value is -2.21. The molecule has 0 N–H and O–H groups in total. The molecule has 0 unspecified atom stereocenters. The van der Waals surface area contributed by atoms with Gasteiger partial charge in [0.2, 0.25) is 0 Å². The zero-order valence-corrected chi connectivity index (χ0v) is 12.7. The summed E-state index contributed by atoms with van der Waals surface area (Å²) in [6.45, 7) is 2.24. The average Bonchev–Trinajstić information content (AvgIpc) is 2.54. The van der Waals surface area contributed by atoms with Crippen LogP contribution in [0.25, 0.3) is 11.0 Å². The third kappa shape index (κ3) is 2.02. The molecule has 2 aromatic rings. The molecule has 3 heterocycles. The molecule has 2 aliphatic rings. The first-order chi connectivity index (χ1) is 10.8. The zero-order valence-electron chi connectivity index (χ0n) is 12.7. The van der Waals surface area contributed by atoms with Crippen LogP contribution in [0.15, 0.2) is 21.3 Å². The topological polar surface area (TPSA) is 33.5 Å². The third-order valence-corrected chi connectivity index (χ3v) is 4.85. The molecule has 4 rings (SSSR count). The number of anilines is 1. The monoisotopic (exact) mass is 293 g/mol. The van der Waals surface area contributed by atoms with Gasteiger partial charge >= 0.3 is 5.63 Å². The number of terminal acetylenes is 1. The lowest BCUT2D eigenvalue weighted by atomic mass is 9.88. The minimum Gasteiger partial charge on any atom is -0.422 e. The van der Waals surface area contributed by atoms with Crippen LogP contribution in [0.1, 0.15) is 36.0 Å². The minimum absolute atomic E-state index is 0.261. The Labute approximate surface area is 129 Å². The first-order valence-corrected chi connectivity index (χ1v) is 8.08. The Bertz CT molecular complexity index is 839. The molecule has 1 aromatic carbocycles. The fourth-order valence-corrected chi connectivity index (χ4v) is 3.95. The van der Waals surface area contributed by atoms with Crippen LogP contribution in [-0.2, 0) is 19.3 Å². The molecule has 0 amide bonds. The van der Waals surface area contributed by atoms with E-state index in [2.05, 4.69) is 16.9 Å². The first kappa shape index (κ1) is 13.5. The van der Waals surface area contributed by atoms with Crippen molar-refractivity contribution < 1.29 is 4.42 Å². The number of hydrogen-bond acceptors (Lipinski definition) is 3. The molecular formula is C19H19NO2. The summed E-state index contributed by atoms with van der Waals surface area (Å²) >= 11 is 0. The number of nitrogens with zero attached hydrogens (tertiary/aromatic N) is 1. The second kappa shape index (κ2) is 5.21. The van der Waals surface area contributed by atoms with E-state index in [1.807, 2.05) is 0 Å². The van der Waals surface area contributed by atoms with Crippen LogP contribution in [0.4, 0.5) is 5.69 Å². The maximum absolute atomic E-state index is 12.0. The van der Waals surface area contributed by atoms with Crippen LogP contribution in [0.3, 0.4) is 0 Å². The van der Waals surface area contributed by atoms with Gasteiger partial charge in [-0.3, -0.25) is 0 Å². The van der Waals surface area contributed by atoms with Gasteiger partial charge in [0.1, 0.15) is 5.58 Å². The highest BCUT2D eigenvalue weighted by Crippen LogP contribution is 2.40. The summed E-state index contributed by atoms with van der Waals surface area (Å²) in [4.78, 5) is 14.4. The van der Waals surface area contributed by atoms with E-state index in [4.69, 9.17) is 10.8 Å². The molecule has 112 valence electrons. The summed E-state index contributed by atoms with van der Waals surface area (Å²) in [6.07, 6.45) is 11.2. The van der Waals surface area contributed by atoms with Gasteiger partial charge in [-0.25, -0.2) is 4.79 Å². The van der Waals surface area contributed by atoms with Gasteiger partial charge in [-0.05, 0) is 49.3 Å². The second-order valence-corrected chi connectivity index (χ2v) is 6.23. The molecule has 0 saturated carbocycles. The number of fused-ring (bicyclic) bond motifs is 2. The molecule has 0 bridgehead atoms. The van der Waals surface area contributed by atoms with Crippen molar-refractivity contribution in [3.8, 4) is 12.3 Å². The lowest BCUT2D eigenvalue weighted by molar-refractivity contribution is 0.547. The van der Waals surface area contributed by atoms with Crippen molar-refractivity contribution in [3.63, 3.8) is 0 Å². The van der Waals surface area contributed by atoms with Crippen LogP contribution >= 0.6 is 0 Å². The van der Waals surface area contributed by atoms with Crippen molar-refractivity contribution in [1.29, 1.82) is 0 Å². The summed E-state index contributed by atoms with van der Waals surface area (Å²) in [7, 11) is 0. The Morgan fingerprint density at radius 3 is 2.86 bits per heavy atom. The van der Waals surface area contributed by atoms with Gasteiger partial charge in [-0.2, -0.15) is 0 Å². The standard InChI is InChI=1S/C19H19NO2/c1-2-3-6-13-12-17(21)22-19-15-8-5-10-20-9-4-7-14(18(15)20)11-16(13)19/h1,11-12H,3-10H2. The molecule has 0 aliphatic carbocycles. The number of aryl methyl sites for hydroxylation is 3. The van der Waals surface area contributed by atoms with Crippen LogP contribution in [0, 0.1) is 12.3 Å². The highest BCUT2D eigenvalue weighted by atomic mass is 16.4. The highest BCUT2D eigenvalue weighted by molar-refractivity contribution is 5.90. The summed E-state index contributed by atoms with van der Waals surface area (Å²) < 4.78 is 5.62. The first-order valence-electron chi connectivity index (χ1n) is 8.08. The van der Waals surface area contributed by atoms with Crippen molar-refractivity contribution in [2.45, 2.75) is 38.5 Å². The van der Waals surface area contributed by atoms with Crippen molar-refractivity contribution in [3.05, 3.63) is 39.2 Å². The predicted molar refractivity (Wildman–Crippen MR) is 88.5 cm³/mol. The lowest BCUT2D eigenvalue weighted by Gasteiger charge is -2.37. The van der Waals surface area contributed by atoms with Gasteiger partial charge in [-0.1, -0.05) is 0 Å². The molecule has 3 nitrogen and oxygen atoms in total. The van der Waals surface area contributed by atoms with Gasteiger partial charge < -0.3 is 9.32 Å². The molecule has 1 aromatic heterocycles. The molecule has 0 spiro atoms.